The van der Waals surface area contributed by atoms with Crippen LogP contribution < -0.4 is 10.8 Å². The Labute approximate surface area is 77.0 Å². The number of nitrogen functional groups attached to an aromatic ring is 1. The molecule has 76 valence electrons. The molecule has 0 aromatic heterocycles. The summed E-state index contributed by atoms with van der Waals surface area (Å²) < 4.78 is 36.2. The van der Waals surface area contributed by atoms with Gasteiger partial charge in [-0.2, -0.15) is 13.2 Å². The summed E-state index contributed by atoms with van der Waals surface area (Å²) in [5.41, 5.74) is 3.21. The third-order valence-electron chi connectivity index (χ3n) is 1.60. The number of rotatable bonds is 1. The van der Waals surface area contributed by atoms with Gasteiger partial charge in [0.25, 0.3) is 0 Å². The summed E-state index contributed by atoms with van der Waals surface area (Å²) in [5.74, 6) is -1.60. The normalized spacial score (nSPS) is 11.4. The van der Waals surface area contributed by atoms with Gasteiger partial charge >= 0.3 is 6.18 Å². The van der Waals surface area contributed by atoms with Gasteiger partial charge in [-0.15, -0.1) is 0 Å². The first-order valence-electron chi connectivity index (χ1n) is 3.50. The molecule has 0 aliphatic carbocycles. The molecule has 1 rings (SSSR count). The van der Waals surface area contributed by atoms with Gasteiger partial charge in [-0.05, 0) is 12.1 Å². The lowest BCUT2D eigenvalue weighted by Gasteiger charge is -2.10. The molecule has 0 heterocycles. The molecule has 1 aromatic rings. The Balaban J connectivity index is 3.20. The summed E-state index contributed by atoms with van der Waals surface area (Å²) in [7, 11) is 0. The molecule has 0 amide bonds. The number of benzene rings is 1. The first-order chi connectivity index (χ1) is 6.32. The average Bonchev–Trinajstić information content (AvgIpc) is 2.01. The Kier molecular flexibility index (Phi) is 2.37. The van der Waals surface area contributed by atoms with Crippen LogP contribution in [0, 0.1) is 0 Å². The van der Waals surface area contributed by atoms with Gasteiger partial charge in [0.05, 0.1) is 11.5 Å². The maximum Gasteiger partial charge on any atom is 0.416 e. The number of hydrogen-bond donors (Lipinski definition) is 1. The van der Waals surface area contributed by atoms with E-state index >= 15 is 0 Å². The summed E-state index contributed by atoms with van der Waals surface area (Å²) in [4.78, 5) is 10.3. The van der Waals surface area contributed by atoms with Gasteiger partial charge < -0.3 is 15.6 Å². The Bertz CT molecular complexity index is 373. The van der Waals surface area contributed by atoms with Crippen molar-refractivity contribution in [1.29, 1.82) is 0 Å². The number of carboxylic acids is 1. The van der Waals surface area contributed by atoms with Crippen molar-refractivity contribution in [1.82, 2.24) is 0 Å². The van der Waals surface area contributed by atoms with Crippen LogP contribution in [0.1, 0.15) is 15.9 Å². The lowest BCUT2D eigenvalue weighted by molar-refractivity contribution is -0.254. The molecular formula is C8H5F3NO2-. The van der Waals surface area contributed by atoms with Gasteiger partial charge in [-0.25, -0.2) is 0 Å². The molecule has 0 saturated carbocycles. The molecule has 0 radical (unpaired) electrons. The Morgan fingerprint density at radius 1 is 1.36 bits per heavy atom. The van der Waals surface area contributed by atoms with Gasteiger partial charge in [-0.3, -0.25) is 0 Å². The highest BCUT2D eigenvalue weighted by atomic mass is 19.4. The van der Waals surface area contributed by atoms with Crippen molar-refractivity contribution >= 4 is 11.7 Å². The molecule has 0 bridgehead atoms. The van der Waals surface area contributed by atoms with E-state index in [0.29, 0.717) is 12.1 Å². The zero-order chi connectivity index (χ0) is 10.9. The fourth-order valence-electron chi connectivity index (χ4n) is 0.925. The Hall–Kier alpha value is -1.72. The highest BCUT2D eigenvalue weighted by Crippen LogP contribution is 2.31. The van der Waals surface area contributed by atoms with Gasteiger partial charge in [0.2, 0.25) is 0 Å². The van der Waals surface area contributed by atoms with E-state index < -0.39 is 29.0 Å². The molecule has 0 aliphatic heterocycles. The summed E-state index contributed by atoms with van der Waals surface area (Å²) in [5, 5.41) is 10.3. The first kappa shape index (κ1) is 10.4. The minimum atomic E-state index is -4.53. The fraction of sp³-hybridized carbons (Fsp3) is 0.125. The van der Waals surface area contributed by atoms with Crippen LogP contribution in [0.15, 0.2) is 18.2 Å². The molecule has 1 aromatic carbocycles. The van der Waals surface area contributed by atoms with Crippen molar-refractivity contribution in [3.05, 3.63) is 29.3 Å². The molecule has 0 atom stereocenters. The second-order valence-corrected chi connectivity index (χ2v) is 2.59. The molecular weight excluding hydrogens is 199 g/mol. The van der Waals surface area contributed by atoms with E-state index in [1.807, 2.05) is 0 Å². The molecule has 0 fully saturated rings. The first-order valence-corrected chi connectivity index (χ1v) is 3.50. The lowest BCUT2D eigenvalue weighted by Crippen LogP contribution is -2.23. The Morgan fingerprint density at radius 2 is 1.93 bits per heavy atom. The Morgan fingerprint density at radius 3 is 2.29 bits per heavy atom. The minimum Gasteiger partial charge on any atom is -0.545 e. The van der Waals surface area contributed by atoms with Gasteiger partial charge in [0.15, 0.2) is 0 Å². The third-order valence-corrected chi connectivity index (χ3v) is 1.60. The second-order valence-electron chi connectivity index (χ2n) is 2.59. The van der Waals surface area contributed by atoms with Gasteiger partial charge in [0.1, 0.15) is 0 Å². The van der Waals surface area contributed by atoms with Crippen LogP contribution >= 0.6 is 0 Å². The zero-order valence-corrected chi connectivity index (χ0v) is 6.76. The van der Waals surface area contributed by atoms with Crippen molar-refractivity contribution in [2.45, 2.75) is 6.18 Å². The fourth-order valence-corrected chi connectivity index (χ4v) is 0.925. The van der Waals surface area contributed by atoms with Crippen LogP contribution in [-0.2, 0) is 6.18 Å². The number of halogens is 3. The standard InChI is InChI=1S/C8H6F3NO2/c9-8(10,11)4-1-2-5(7(13)14)6(12)3-4/h1-3H,12H2,(H,13,14)/p-1. The molecule has 0 saturated heterocycles. The van der Waals surface area contributed by atoms with E-state index in [0.717, 1.165) is 6.07 Å². The second kappa shape index (κ2) is 3.21. The summed E-state index contributed by atoms with van der Waals surface area (Å²) in [6.07, 6.45) is -4.53. The molecule has 6 heteroatoms. The number of alkyl halides is 3. The van der Waals surface area contributed by atoms with Gasteiger partial charge in [-0.1, -0.05) is 6.07 Å². The number of anilines is 1. The number of nitrogens with two attached hydrogens (primary N) is 1. The number of carbonyl (C=O) groups is 1. The van der Waals surface area contributed by atoms with Crippen LogP contribution in [0.25, 0.3) is 0 Å². The number of aromatic carboxylic acids is 1. The van der Waals surface area contributed by atoms with E-state index in [1.54, 1.807) is 0 Å². The number of carboxylic acid groups (broad SMARTS) is 1. The molecule has 0 spiro atoms. The maximum absolute atomic E-state index is 12.1. The van der Waals surface area contributed by atoms with E-state index in [1.165, 1.54) is 0 Å². The summed E-state index contributed by atoms with van der Waals surface area (Å²) in [6.45, 7) is 0. The average molecular weight is 204 g/mol. The van der Waals surface area contributed by atoms with Crippen molar-refractivity contribution in [2.24, 2.45) is 0 Å². The molecule has 0 unspecified atom stereocenters. The van der Waals surface area contributed by atoms with E-state index in [4.69, 9.17) is 5.73 Å². The SMILES string of the molecule is Nc1cc(C(F)(F)F)ccc1C(=O)[O-]. The molecule has 3 nitrogen and oxygen atoms in total. The van der Waals surface area contributed by atoms with Crippen LogP contribution in [0.2, 0.25) is 0 Å². The van der Waals surface area contributed by atoms with Crippen LogP contribution in [0.4, 0.5) is 18.9 Å². The predicted octanol–water partition coefficient (Wildman–Crippen LogP) is 0.651. The van der Waals surface area contributed by atoms with Crippen molar-refractivity contribution in [3.8, 4) is 0 Å². The predicted molar refractivity (Wildman–Crippen MR) is 40.2 cm³/mol. The van der Waals surface area contributed by atoms with Crippen LogP contribution in [-0.4, -0.2) is 5.97 Å². The van der Waals surface area contributed by atoms with Crippen molar-refractivity contribution < 1.29 is 23.1 Å². The summed E-state index contributed by atoms with van der Waals surface area (Å²) >= 11 is 0. The number of hydrogen-bond acceptors (Lipinski definition) is 3. The van der Waals surface area contributed by atoms with Crippen LogP contribution in [0.5, 0.6) is 0 Å². The molecule has 2 N–H and O–H groups in total. The third kappa shape index (κ3) is 1.95. The van der Waals surface area contributed by atoms with E-state index in [-0.39, 0.29) is 0 Å². The van der Waals surface area contributed by atoms with Crippen molar-refractivity contribution in [2.75, 3.05) is 5.73 Å². The van der Waals surface area contributed by atoms with Crippen LogP contribution in [0.3, 0.4) is 0 Å². The van der Waals surface area contributed by atoms with Crippen molar-refractivity contribution in [3.63, 3.8) is 0 Å². The monoisotopic (exact) mass is 204 g/mol. The molecule has 0 aliphatic rings. The topological polar surface area (TPSA) is 66.2 Å². The highest BCUT2D eigenvalue weighted by molar-refractivity contribution is 5.92. The minimum absolute atomic E-state index is 0.446. The summed E-state index contributed by atoms with van der Waals surface area (Å²) in [6, 6.07) is 1.97. The van der Waals surface area contributed by atoms with E-state index in [2.05, 4.69) is 0 Å². The molecule has 14 heavy (non-hydrogen) atoms. The maximum atomic E-state index is 12.1. The quantitative estimate of drug-likeness (QED) is 0.683. The largest absolute Gasteiger partial charge is 0.545 e. The zero-order valence-electron chi connectivity index (χ0n) is 6.76. The lowest BCUT2D eigenvalue weighted by atomic mass is 10.1. The highest BCUT2D eigenvalue weighted by Gasteiger charge is 2.30. The number of carbonyl (C=O) groups excluding carboxylic acids is 1. The van der Waals surface area contributed by atoms with Gasteiger partial charge in [0, 0.05) is 11.3 Å². The van der Waals surface area contributed by atoms with E-state index in [9.17, 15) is 23.1 Å². The smallest absolute Gasteiger partial charge is 0.416 e.